The van der Waals surface area contributed by atoms with E-state index in [2.05, 4.69) is 15.3 Å². The van der Waals surface area contributed by atoms with Gasteiger partial charge in [-0.1, -0.05) is 0 Å². The number of nitrogens with one attached hydrogen (secondary N) is 1. The maximum absolute atomic E-state index is 12.3. The van der Waals surface area contributed by atoms with Crippen LogP contribution in [0, 0.1) is 13.8 Å². The summed E-state index contributed by atoms with van der Waals surface area (Å²) < 4.78 is 31.5. The molecule has 2 heterocycles. The molecular weight excluding hydrogens is 316 g/mol. The van der Waals surface area contributed by atoms with Crippen LogP contribution in [0.15, 0.2) is 0 Å². The summed E-state index contributed by atoms with van der Waals surface area (Å²) in [4.78, 5) is 8.70. The Labute approximate surface area is 137 Å². The fraction of sp³-hybridized carbons (Fsp3) is 0.733. The van der Waals surface area contributed by atoms with Crippen molar-refractivity contribution in [3.8, 4) is 5.88 Å². The van der Waals surface area contributed by atoms with E-state index in [9.17, 15) is 8.42 Å². The molecule has 7 nitrogen and oxygen atoms in total. The van der Waals surface area contributed by atoms with Gasteiger partial charge in [0.1, 0.15) is 11.6 Å². The molecular formula is C15H24N4O3S. The van der Waals surface area contributed by atoms with E-state index < -0.39 is 10.0 Å². The van der Waals surface area contributed by atoms with Gasteiger partial charge in [0.25, 0.3) is 0 Å². The quantitative estimate of drug-likeness (QED) is 0.874. The van der Waals surface area contributed by atoms with Crippen molar-refractivity contribution < 1.29 is 13.2 Å². The molecule has 0 aromatic carbocycles. The van der Waals surface area contributed by atoms with Gasteiger partial charge >= 0.3 is 0 Å². The number of hydrogen-bond donors (Lipinski definition) is 1. The summed E-state index contributed by atoms with van der Waals surface area (Å²) in [5.41, 5.74) is 0.881. The second-order valence-electron chi connectivity index (χ2n) is 6.32. The molecule has 23 heavy (non-hydrogen) atoms. The fourth-order valence-corrected chi connectivity index (χ4v) is 4.84. The van der Waals surface area contributed by atoms with Gasteiger partial charge in [0, 0.05) is 19.1 Å². The Hall–Kier alpha value is -1.41. The van der Waals surface area contributed by atoms with Crippen LogP contribution in [-0.4, -0.2) is 54.2 Å². The van der Waals surface area contributed by atoms with Crippen LogP contribution in [0.2, 0.25) is 0 Å². The van der Waals surface area contributed by atoms with E-state index in [-0.39, 0.29) is 11.3 Å². The van der Waals surface area contributed by atoms with E-state index in [1.165, 1.54) is 0 Å². The average molecular weight is 340 g/mol. The third-order valence-corrected chi connectivity index (χ3v) is 6.91. The minimum absolute atomic E-state index is 0.122. The van der Waals surface area contributed by atoms with Gasteiger partial charge in [-0.25, -0.2) is 17.7 Å². The molecule has 1 saturated heterocycles. The number of aryl methyl sites for hydroxylation is 1. The van der Waals surface area contributed by atoms with Crippen LogP contribution in [0.1, 0.15) is 37.1 Å². The van der Waals surface area contributed by atoms with Crippen molar-refractivity contribution in [1.82, 2.24) is 14.3 Å². The number of methoxy groups -OCH3 is 1. The molecule has 2 fully saturated rings. The molecule has 0 atom stereocenters. The summed E-state index contributed by atoms with van der Waals surface area (Å²) >= 11 is 0. The maximum atomic E-state index is 12.3. The van der Waals surface area contributed by atoms with E-state index in [0.29, 0.717) is 24.8 Å². The normalized spacial score (nSPS) is 20.5. The molecule has 3 rings (SSSR count). The standard InChI is InChI=1S/C15H24N4O3S/c1-10-14(16-11(2)17-15(10)22-3)18-12-6-8-19(9-7-12)23(20,21)13-4-5-13/h12-13H,4-9H2,1-3H3,(H,16,17,18). The Kier molecular flexibility index (Phi) is 4.46. The zero-order valence-electron chi connectivity index (χ0n) is 13.9. The van der Waals surface area contributed by atoms with Crippen LogP contribution in [-0.2, 0) is 10.0 Å². The van der Waals surface area contributed by atoms with E-state index in [0.717, 1.165) is 37.1 Å². The van der Waals surface area contributed by atoms with Crippen molar-refractivity contribution in [1.29, 1.82) is 0 Å². The Morgan fingerprint density at radius 3 is 2.35 bits per heavy atom. The summed E-state index contributed by atoms with van der Waals surface area (Å²) in [7, 11) is -1.45. The van der Waals surface area contributed by atoms with Gasteiger partial charge in [-0.15, -0.1) is 0 Å². The SMILES string of the molecule is COc1nc(C)nc(NC2CCN(S(=O)(=O)C3CC3)CC2)c1C. The molecule has 1 saturated carbocycles. The van der Waals surface area contributed by atoms with Crippen LogP contribution in [0.3, 0.4) is 0 Å². The van der Waals surface area contributed by atoms with Crippen LogP contribution in [0.4, 0.5) is 5.82 Å². The molecule has 8 heteroatoms. The molecule has 0 bridgehead atoms. The smallest absolute Gasteiger partial charge is 0.221 e. The van der Waals surface area contributed by atoms with Crippen molar-refractivity contribution in [3.63, 3.8) is 0 Å². The lowest BCUT2D eigenvalue weighted by Gasteiger charge is -2.32. The van der Waals surface area contributed by atoms with Crippen LogP contribution in [0.25, 0.3) is 0 Å². The van der Waals surface area contributed by atoms with Crippen LogP contribution >= 0.6 is 0 Å². The number of aromatic nitrogens is 2. The van der Waals surface area contributed by atoms with Crippen molar-refractivity contribution in [2.24, 2.45) is 0 Å². The Morgan fingerprint density at radius 1 is 1.13 bits per heavy atom. The van der Waals surface area contributed by atoms with Gasteiger partial charge in [0.05, 0.1) is 17.9 Å². The molecule has 0 spiro atoms. The molecule has 0 radical (unpaired) electrons. The highest BCUT2D eigenvalue weighted by Gasteiger charge is 2.41. The van der Waals surface area contributed by atoms with Crippen molar-refractivity contribution in [3.05, 3.63) is 11.4 Å². The summed E-state index contributed by atoms with van der Waals surface area (Å²) in [5.74, 6) is 2.01. The van der Waals surface area contributed by atoms with Gasteiger partial charge in [0.15, 0.2) is 0 Å². The third kappa shape index (κ3) is 3.42. The lowest BCUT2D eigenvalue weighted by atomic mass is 10.1. The number of rotatable bonds is 5. The first-order valence-electron chi connectivity index (χ1n) is 8.06. The van der Waals surface area contributed by atoms with Gasteiger partial charge in [-0.3, -0.25) is 0 Å². The number of anilines is 1. The minimum Gasteiger partial charge on any atom is -0.481 e. The Balaban J connectivity index is 1.64. The number of ether oxygens (including phenoxy) is 1. The largest absolute Gasteiger partial charge is 0.481 e. The van der Waals surface area contributed by atoms with Crippen molar-refractivity contribution in [2.45, 2.75) is 50.8 Å². The van der Waals surface area contributed by atoms with Gasteiger partial charge in [-0.05, 0) is 39.5 Å². The summed E-state index contributed by atoms with van der Waals surface area (Å²) in [6, 6.07) is 0.221. The van der Waals surface area contributed by atoms with E-state index in [1.807, 2.05) is 13.8 Å². The second-order valence-corrected chi connectivity index (χ2v) is 8.53. The highest BCUT2D eigenvalue weighted by molar-refractivity contribution is 7.90. The van der Waals surface area contributed by atoms with Gasteiger partial charge < -0.3 is 10.1 Å². The predicted molar refractivity (Wildman–Crippen MR) is 88.2 cm³/mol. The molecule has 0 unspecified atom stereocenters. The molecule has 2 aliphatic rings. The second kappa shape index (κ2) is 6.24. The molecule has 0 amide bonds. The Bertz CT molecular complexity index is 680. The molecule has 128 valence electrons. The highest BCUT2D eigenvalue weighted by atomic mass is 32.2. The van der Waals surface area contributed by atoms with Crippen LogP contribution < -0.4 is 10.1 Å². The van der Waals surface area contributed by atoms with Gasteiger partial charge in [0.2, 0.25) is 15.9 Å². The molecule has 1 aromatic rings. The molecule has 1 aliphatic heterocycles. The van der Waals surface area contributed by atoms with Crippen molar-refractivity contribution in [2.75, 3.05) is 25.5 Å². The number of sulfonamides is 1. The summed E-state index contributed by atoms with van der Waals surface area (Å²) in [6.07, 6.45) is 3.22. The van der Waals surface area contributed by atoms with Gasteiger partial charge in [-0.2, -0.15) is 4.98 Å². The maximum Gasteiger partial charge on any atom is 0.221 e. The number of nitrogens with zero attached hydrogens (tertiary/aromatic N) is 3. The average Bonchev–Trinajstić information content (AvgIpc) is 3.36. The minimum atomic E-state index is -3.05. The zero-order valence-corrected chi connectivity index (χ0v) is 14.7. The van der Waals surface area contributed by atoms with E-state index in [1.54, 1.807) is 11.4 Å². The highest BCUT2D eigenvalue weighted by Crippen LogP contribution is 2.33. The van der Waals surface area contributed by atoms with Crippen LogP contribution in [0.5, 0.6) is 5.88 Å². The monoisotopic (exact) mass is 340 g/mol. The first kappa shape index (κ1) is 16.4. The molecule has 1 aromatic heterocycles. The number of piperidine rings is 1. The molecule has 1 N–H and O–H groups in total. The number of hydrogen-bond acceptors (Lipinski definition) is 6. The lowest BCUT2D eigenvalue weighted by molar-refractivity contribution is 0.328. The summed E-state index contributed by atoms with van der Waals surface area (Å²) in [6.45, 7) is 4.92. The lowest BCUT2D eigenvalue weighted by Crippen LogP contribution is -2.43. The Morgan fingerprint density at radius 2 is 1.78 bits per heavy atom. The summed E-state index contributed by atoms with van der Waals surface area (Å²) in [5, 5.41) is 3.31. The zero-order chi connectivity index (χ0) is 16.6. The molecule has 1 aliphatic carbocycles. The van der Waals surface area contributed by atoms with E-state index in [4.69, 9.17) is 4.74 Å². The predicted octanol–water partition coefficient (Wildman–Crippen LogP) is 1.47. The third-order valence-electron chi connectivity index (χ3n) is 4.51. The topological polar surface area (TPSA) is 84.4 Å². The van der Waals surface area contributed by atoms with E-state index >= 15 is 0 Å². The first-order chi connectivity index (χ1) is 10.9. The van der Waals surface area contributed by atoms with Crippen molar-refractivity contribution >= 4 is 15.8 Å². The fourth-order valence-electron chi connectivity index (χ4n) is 2.97. The first-order valence-corrected chi connectivity index (χ1v) is 9.57.